The highest BCUT2D eigenvalue weighted by Crippen LogP contribution is 2.20. The maximum absolute atomic E-state index is 13.3. The lowest BCUT2D eigenvalue weighted by atomic mass is 10.2. The minimum Gasteiger partial charge on any atom is -0.487 e. The summed E-state index contributed by atoms with van der Waals surface area (Å²) in [6.07, 6.45) is 3.98. The summed E-state index contributed by atoms with van der Waals surface area (Å²) in [5.41, 5.74) is 1.57. The molecule has 1 heterocycles. The first-order valence-corrected chi connectivity index (χ1v) is 6.69. The van der Waals surface area contributed by atoms with Crippen LogP contribution in [0.15, 0.2) is 42.7 Å². The van der Waals surface area contributed by atoms with Gasteiger partial charge in [0.15, 0.2) is 0 Å². The highest BCUT2D eigenvalue weighted by Gasteiger charge is 2.04. The first-order chi connectivity index (χ1) is 9.79. The van der Waals surface area contributed by atoms with Crippen molar-refractivity contribution in [3.8, 4) is 17.6 Å². The molecule has 0 radical (unpaired) electrons. The maximum atomic E-state index is 13.3. The lowest BCUT2D eigenvalue weighted by Crippen LogP contribution is -1.98. The van der Waals surface area contributed by atoms with Crippen LogP contribution in [0.4, 0.5) is 4.39 Å². The van der Waals surface area contributed by atoms with Crippen molar-refractivity contribution in [1.29, 1.82) is 0 Å². The summed E-state index contributed by atoms with van der Waals surface area (Å²) >= 11 is 5.57. The van der Waals surface area contributed by atoms with Crippen molar-refractivity contribution in [2.75, 3.05) is 5.88 Å². The Morgan fingerprint density at radius 1 is 1.30 bits per heavy atom. The Morgan fingerprint density at radius 3 is 2.95 bits per heavy atom. The second-order valence-corrected chi connectivity index (χ2v) is 4.41. The molecule has 0 spiro atoms. The number of halogens is 2. The number of rotatable bonds is 4. The van der Waals surface area contributed by atoms with Crippen molar-refractivity contribution >= 4 is 11.6 Å². The van der Waals surface area contributed by atoms with Gasteiger partial charge in [0, 0.05) is 36.3 Å². The molecule has 0 saturated carbocycles. The fraction of sp³-hybridized carbons (Fsp3) is 0.188. The zero-order chi connectivity index (χ0) is 14.2. The molecule has 102 valence electrons. The summed E-state index contributed by atoms with van der Waals surface area (Å²) in [7, 11) is 0. The minimum atomic E-state index is -0.353. The third-order valence-electron chi connectivity index (χ3n) is 2.50. The average molecular weight is 290 g/mol. The van der Waals surface area contributed by atoms with Gasteiger partial charge in [-0.3, -0.25) is 4.98 Å². The molecule has 0 aliphatic rings. The van der Waals surface area contributed by atoms with E-state index in [2.05, 4.69) is 16.8 Å². The summed E-state index contributed by atoms with van der Waals surface area (Å²) in [5, 5.41) is 0. The van der Waals surface area contributed by atoms with Crippen molar-refractivity contribution in [1.82, 2.24) is 4.98 Å². The van der Waals surface area contributed by atoms with E-state index in [1.807, 2.05) is 12.1 Å². The van der Waals surface area contributed by atoms with Gasteiger partial charge in [0.1, 0.15) is 18.2 Å². The van der Waals surface area contributed by atoms with Crippen LogP contribution < -0.4 is 4.74 Å². The van der Waals surface area contributed by atoms with Gasteiger partial charge in [-0.1, -0.05) is 17.9 Å². The summed E-state index contributed by atoms with van der Waals surface area (Å²) in [4.78, 5) is 4.00. The number of nitrogens with zero attached hydrogens (tertiary/aromatic N) is 1. The van der Waals surface area contributed by atoms with Gasteiger partial charge in [-0.15, -0.1) is 11.6 Å². The van der Waals surface area contributed by atoms with E-state index in [4.69, 9.17) is 16.3 Å². The van der Waals surface area contributed by atoms with E-state index in [1.165, 1.54) is 12.1 Å². The van der Waals surface area contributed by atoms with Crippen molar-refractivity contribution in [2.24, 2.45) is 0 Å². The monoisotopic (exact) mass is 289 g/mol. The molecule has 0 bridgehead atoms. The Hall–Kier alpha value is -2.05. The molecule has 2 aromatic rings. The molecule has 1 aromatic carbocycles. The molecular weight excluding hydrogens is 277 g/mol. The molecule has 0 fully saturated rings. The van der Waals surface area contributed by atoms with E-state index < -0.39 is 0 Å². The first-order valence-electron chi connectivity index (χ1n) is 6.15. The quantitative estimate of drug-likeness (QED) is 0.631. The highest BCUT2D eigenvalue weighted by atomic mass is 35.5. The maximum Gasteiger partial charge on any atom is 0.138 e. The molecule has 0 atom stereocenters. The fourth-order valence-corrected chi connectivity index (χ4v) is 1.66. The standard InChI is InChI=1S/C16H13ClFNO/c17-8-2-1-5-14-6-7-15(18)10-16(14)20-12-13-4-3-9-19-11-13/h3-4,6-7,9-11H,2,8,12H2. The van der Waals surface area contributed by atoms with Crippen LogP contribution in [0.3, 0.4) is 0 Å². The number of aromatic nitrogens is 1. The molecule has 0 unspecified atom stereocenters. The van der Waals surface area contributed by atoms with E-state index in [0.717, 1.165) is 5.56 Å². The Morgan fingerprint density at radius 2 is 2.20 bits per heavy atom. The normalized spacial score (nSPS) is 9.70. The van der Waals surface area contributed by atoms with Crippen LogP contribution >= 0.6 is 11.6 Å². The van der Waals surface area contributed by atoms with Gasteiger partial charge < -0.3 is 4.74 Å². The lowest BCUT2D eigenvalue weighted by molar-refractivity contribution is 0.303. The molecule has 2 nitrogen and oxygen atoms in total. The Balaban J connectivity index is 2.13. The van der Waals surface area contributed by atoms with Gasteiger partial charge in [-0.05, 0) is 18.2 Å². The Kier molecular flexibility index (Phi) is 5.40. The number of ether oxygens (including phenoxy) is 1. The van der Waals surface area contributed by atoms with Crippen molar-refractivity contribution in [3.05, 3.63) is 59.7 Å². The zero-order valence-electron chi connectivity index (χ0n) is 10.8. The number of benzene rings is 1. The fourth-order valence-electron chi connectivity index (χ4n) is 1.57. The molecule has 1 aromatic heterocycles. The average Bonchev–Trinajstić information content (AvgIpc) is 2.48. The number of hydrogen-bond donors (Lipinski definition) is 0. The highest BCUT2D eigenvalue weighted by molar-refractivity contribution is 6.18. The van der Waals surface area contributed by atoms with Gasteiger partial charge in [-0.2, -0.15) is 0 Å². The van der Waals surface area contributed by atoms with Crippen LogP contribution in [0.1, 0.15) is 17.5 Å². The van der Waals surface area contributed by atoms with Crippen LogP contribution in [0.25, 0.3) is 0 Å². The molecule has 0 saturated heterocycles. The van der Waals surface area contributed by atoms with Gasteiger partial charge in [0.05, 0.1) is 5.56 Å². The molecule has 2 rings (SSSR count). The Bertz CT molecular complexity index is 619. The molecule has 4 heteroatoms. The molecular formula is C16H13ClFNO. The van der Waals surface area contributed by atoms with Gasteiger partial charge >= 0.3 is 0 Å². The van der Waals surface area contributed by atoms with Crippen molar-refractivity contribution in [2.45, 2.75) is 13.0 Å². The second kappa shape index (κ2) is 7.52. The largest absolute Gasteiger partial charge is 0.487 e. The summed E-state index contributed by atoms with van der Waals surface area (Å²) in [6.45, 7) is 0.321. The number of hydrogen-bond acceptors (Lipinski definition) is 2. The van der Waals surface area contributed by atoms with Gasteiger partial charge in [0.2, 0.25) is 0 Å². The number of pyridine rings is 1. The van der Waals surface area contributed by atoms with Crippen LogP contribution in [-0.2, 0) is 6.61 Å². The van der Waals surface area contributed by atoms with E-state index in [0.29, 0.717) is 30.2 Å². The second-order valence-electron chi connectivity index (χ2n) is 4.03. The summed E-state index contributed by atoms with van der Waals surface area (Å²) in [6, 6.07) is 8.02. The van der Waals surface area contributed by atoms with Crippen LogP contribution in [0, 0.1) is 17.7 Å². The predicted octanol–water partition coefficient (Wildman–Crippen LogP) is 3.78. The molecule has 20 heavy (non-hydrogen) atoms. The number of alkyl halides is 1. The molecule has 0 aliphatic heterocycles. The molecule has 0 N–H and O–H groups in total. The topological polar surface area (TPSA) is 22.1 Å². The smallest absolute Gasteiger partial charge is 0.138 e. The van der Waals surface area contributed by atoms with Crippen molar-refractivity contribution < 1.29 is 9.13 Å². The summed E-state index contributed by atoms with van der Waals surface area (Å²) < 4.78 is 18.9. The van der Waals surface area contributed by atoms with E-state index >= 15 is 0 Å². The third kappa shape index (κ3) is 4.25. The van der Waals surface area contributed by atoms with E-state index in [9.17, 15) is 4.39 Å². The van der Waals surface area contributed by atoms with Gasteiger partial charge in [0.25, 0.3) is 0 Å². The van der Waals surface area contributed by atoms with E-state index in [1.54, 1.807) is 18.5 Å². The van der Waals surface area contributed by atoms with Crippen LogP contribution in [-0.4, -0.2) is 10.9 Å². The first kappa shape index (κ1) is 14.4. The Labute approximate surface area is 122 Å². The van der Waals surface area contributed by atoms with Crippen molar-refractivity contribution in [3.63, 3.8) is 0 Å². The van der Waals surface area contributed by atoms with Gasteiger partial charge in [-0.25, -0.2) is 4.39 Å². The van der Waals surface area contributed by atoms with Crippen LogP contribution in [0.5, 0.6) is 5.75 Å². The molecule has 0 amide bonds. The minimum absolute atomic E-state index is 0.321. The van der Waals surface area contributed by atoms with E-state index in [-0.39, 0.29) is 5.82 Å². The zero-order valence-corrected chi connectivity index (χ0v) is 11.5. The lowest BCUT2D eigenvalue weighted by Gasteiger charge is -2.08. The predicted molar refractivity (Wildman–Crippen MR) is 77.2 cm³/mol. The molecule has 0 aliphatic carbocycles. The summed E-state index contributed by atoms with van der Waals surface area (Å²) in [5.74, 6) is 6.39. The van der Waals surface area contributed by atoms with Crippen LogP contribution in [0.2, 0.25) is 0 Å². The SMILES string of the molecule is Fc1ccc(C#CCCCl)c(OCc2cccnc2)c1. The third-order valence-corrected chi connectivity index (χ3v) is 2.69.